The zero-order chi connectivity index (χ0) is 13.9. The molecule has 0 aliphatic heterocycles. The number of halogens is 1. The van der Waals surface area contributed by atoms with Gasteiger partial charge in [0.15, 0.2) is 0 Å². The van der Waals surface area contributed by atoms with Gasteiger partial charge < -0.3 is 4.74 Å². The van der Waals surface area contributed by atoms with Gasteiger partial charge in [-0.2, -0.15) is 4.39 Å². The molecule has 2 heterocycles. The highest BCUT2D eigenvalue weighted by Crippen LogP contribution is 2.20. The third-order valence-electron chi connectivity index (χ3n) is 2.86. The van der Waals surface area contributed by atoms with E-state index < -0.39 is 5.95 Å². The van der Waals surface area contributed by atoms with E-state index in [4.69, 9.17) is 4.74 Å². The largest absolute Gasteiger partial charge is 0.497 e. The molecule has 0 N–H and O–H groups in total. The first-order valence-corrected chi connectivity index (χ1v) is 5.95. The number of methoxy groups -OCH3 is 1. The normalized spacial score (nSPS) is 10.5. The number of pyridine rings is 1. The molecule has 1 aromatic carbocycles. The maximum Gasteiger partial charge on any atom is 0.212 e. The molecule has 3 aromatic rings. The van der Waals surface area contributed by atoms with Crippen molar-refractivity contribution < 1.29 is 9.13 Å². The van der Waals surface area contributed by atoms with Gasteiger partial charge in [-0.3, -0.25) is 0 Å². The van der Waals surface area contributed by atoms with Crippen molar-refractivity contribution in [2.75, 3.05) is 7.11 Å². The summed E-state index contributed by atoms with van der Waals surface area (Å²) >= 11 is 0. The summed E-state index contributed by atoms with van der Waals surface area (Å²) in [7, 11) is 1.62. The van der Waals surface area contributed by atoms with Gasteiger partial charge in [0.2, 0.25) is 5.95 Å². The maximum absolute atomic E-state index is 12.8. The molecular formula is C14H11FN4O. The Morgan fingerprint density at radius 2 is 1.90 bits per heavy atom. The van der Waals surface area contributed by atoms with Crippen LogP contribution in [0.15, 0.2) is 48.8 Å². The van der Waals surface area contributed by atoms with E-state index in [9.17, 15) is 4.39 Å². The van der Waals surface area contributed by atoms with Crippen LogP contribution in [0.1, 0.15) is 0 Å². The van der Waals surface area contributed by atoms with E-state index in [-0.39, 0.29) is 0 Å². The van der Waals surface area contributed by atoms with Crippen LogP contribution in [0.25, 0.3) is 16.9 Å². The molecule has 0 atom stereocenters. The van der Waals surface area contributed by atoms with E-state index in [0.717, 1.165) is 17.0 Å². The summed E-state index contributed by atoms with van der Waals surface area (Å²) < 4.78 is 19.4. The van der Waals surface area contributed by atoms with Crippen molar-refractivity contribution in [1.82, 2.24) is 20.0 Å². The van der Waals surface area contributed by atoms with Gasteiger partial charge >= 0.3 is 0 Å². The molecule has 5 nitrogen and oxygen atoms in total. The first-order valence-electron chi connectivity index (χ1n) is 5.95. The monoisotopic (exact) mass is 270 g/mol. The quantitative estimate of drug-likeness (QED) is 0.686. The van der Waals surface area contributed by atoms with E-state index in [1.807, 2.05) is 24.3 Å². The summed E-state index contributed by atoms with van der Waals surface area (Å²) in [5, 5.41) is 8.10. The van der Waals surface area contributed by atoms with E-state index >= 15 is 0 Å². The minimum absolute atomic E-state index is 0.524. The highest BCUT2D eigenvalue weighted by atomic mass is 19.1. The predicted molar refractivity (Wildman–Crippen MR) is 71.1 cm³/mol. The Labute approximate surface area is 114 Å². The van der Waals surface area contributed by atoms with Gasteiger partial charge in [-0.25, -0.2) is 9.67 Å². The fourth-order valence-electron chi connectivity index (χ4n) is 1.79. The van der Waals surface area contributed by atoms with Gasteiger partial charge in [0.05, 0.1) is 25.2 Å². The molecule has 0 aliphatic carbocycles. The Morgan fingerprint density at radius 1 is 1.10 bits per heavy atom. The second-order valence-corrected chi connectivity index (χ2v) is 4.12. The van der Waals surface area contributed by atoms with Gasteiger partial charge in [0, 0.05) is 5.56 Å². The Morgan fingerprint density at radius 3 is 2.55 bits per heavy atom. The number of hydrogen-bond donors (Lipinski definition) is 0. The van der Waals surface area contributed by atoms with Crippen LogP contribution in [0.3, 0.4) is 0 Å². The zero-order valence-electron chi connectivity index (χ0n) is 10.7. The average Bonchev–Trinajstić information content (AvgIpc) is 2.98. The Hall–Kier alpha value is -2.76. The molecule has 0 amide bonds. The highest BCUT2D eigenvalue weighted by molar-refractivity contribution is 5.59. The fraction of sp³-hybridized carbons (Fsp3) is 0.0714. The summed E-state index contributed by atoms with van der Waals surface area (Å²) in [5.74, 6) is 0.258. The summed E-state index contributed by atoms with van der Waals surface area (Å²) in [6.45, 7) is 0. The molecule has 0 spiro atoms. The molecule has 0 saturated heterocycles. The van der Waals surface area contributed by atoms with Crippen LogP contribution in [0.4, 0.5) is 4.39 Å². The third kappa shape index (κ3) is 2.35. The van der Waals surface area contributed by atoms with Gasteiger partial charge in [-0.15, -0.1) is 5.10 Å². The van der Waals surface area contributed by atoms with E-state index in [2.05, 4.69) is 15.3 Å². The number of ether oxygens (including phenoxy) is 1. The van der Waals surface area contributed by atoms with Gasteiger partial charge in [0.1, 0.15) is 11.4 Å². The molecule has 0 bridgehead atoms. The average molecular weight is 270 g/mol. The minimum Gasteiger partial charge on any atom is -0.497 e. The van der Waals surface area contributed by atoms with Crippen molar-refractivity contribution in [3.63, 3.8) is 0 Å². The van der Waals surface area contributed by atoms with Gasteiger partial charge in [-0.05, 0) is 36.4 Å². The molecule has 0 unspecified atom stereocenters. The summed E-state index contributed by atoms with van der Waals surface area (Å²) in [4.78, 5) is 3.59. The molecule has 6 heteroatoms. The number of nitrogens with zero attached hydrogens (tertiary/aromatic N) is 4. The first kappa shape index (κ1) is 12.3. The maximum atomic E-state index is 12.8. The van der Waals surface area contributed by atoms with Crippen molar-refractivity contribution in [3.05, 3.63) is 54.7 Å². The fourth-order valence-corrected chi connectivity index (χ4v) is 1.79. The minimum atomic E-state index is -0.524. The Kier molecular flexibility index (Phi) is 3.12. The van der Waals surface area contributed by atoms with Crippen LogP contribution >= 0.6 is 0 Å². The summed E-state index contributed by atoms with van der Waals surface area (Å²) in [5.41, 5.74) is 2.29. The predicted octanol–water partition coefficient (Wildman–Crippen LogP) is 2.48. The van der Waals surface area contributed by atoms with Gasteiger partial charge in [0.25, 0.3) is 0 Å². The van der Waals surface area contributed by atoms with Crippen molar-refractivity contribution in [2.45, 2.75) is 0 Å². The van der Waals surface area contributed by atoms with Crippen molar-refractivity contribution >= 4 is 0 Å². The van der Waals surface area contributed by atoms with E-state index in [1.165, 1.54) is 12.3 Å². The molecule has 3 rings (SSSR count). The van der Waals surface area contributed by atoms with Crippen LogP contribution in [0.5, 0.6) is 5.75 Å². The lowest BCUT2D eigenvalue weighted by Gasteiger charge is -2.00. The van der Waals surface area contributed by atoms with E-state index in [1.54, 1.807) is 24.1 Å². The molecule has 0 saturated carbocycles. The number of benzene rings is 1. The third-order valence-corrected chi connectivity index (χ3v) is 2.86. The second kappa shape index (κ2) is 5.08. The Bertz CT molecular complexity index is 707. The lowest BCUT2D eigenvalue weighted by molar-refractivity contribution is 0.415. The van der Waals surface area contributed by atoms with E-state index in [0.29, 0.717) is 5.69 Å². The van der Waals surface area contributed by atoms with Crippen molar-refractivity contribution in [3.8, 4) is 22.7 Å². The van der Waals surface area contributed by atoms with Crippen LogP contribution in [-0.4, -0.2) is 27.1 Å². The van der Waals surface area contributed by atoms with Gasteiger partial charge in [-0.1, -0.05) is 5.21 Å². The topological polar surface area (TPSA) is 52.8 Å². The number of aromatic nitrogens is 4. The van der Waals surface area contributed by atoms with Crippen LogP contribution in [0, 0.1) is 5.95 Å². The molecular weight excluding hydrogens is 259 g/mol. The number of rotatable bonds is 3. The summed E-state index contributed by atoms with van der Waals surface area (Å²) in [6, 6.07) is 10.4. The van der Waals surface area contributed by atoms with Crippen LogP contribution < -0.4 is 4.74 Å². The number of hydrogen-bond acceptors (Lipinski definition) is 4. The zero-order valence-corrected chi connectivity index (χ0v) is 10.7. The Balaban J connectivity index is 1.91. The molecule has 20 heavy (non-hydrogen) atoms. The lowest BCUT2D eigenvalue weighted by Crippen LogP contribution is -1.96. The first-order chi connectivity index (χ1) is 9.76. The highest BCUT2D eigenvalue weighted by Gasteiger charge is 2.06. The molecule has 0 radical (unpaired) electrons. The van der Waals surface area contributed by atoms with Crippen LogP contribution in [0.2, 0.25) is 0 Å². The molecule has 0 aliphatic rings. The van der Waals surface area contributed by atoms with Crippen LogP contribution in [-0.2, 0) is 0 Å². The van der Waals surface area contributed by atoms with Crippen molar-refractivity contribution in [1.29, 1.82) is 0 Å². The second-order valence-electron chi connectivity index (χ2n) is 4.12. The molecule has 2 aromatic heterocycles. The smallest absolute Gasteiger partial charge is 0.212 e. The summed E-state index contributed by atoms with van der Waals surface area (Å²) in [6.07, 6.45) is 3.17. The molecule has 0 fully saturated rings. The standard InChI is InChI=1S/C14H11FN4O/c1-20-12-5-2-10(3-6-12)13-9-19(18-17-13)11-4-7-14(15)16-8-11/h2-9H,1H3. The van der Waals surface area contributed by atoms with Crippen molar-refractivity contribution in [2.24, 2.45) is 0 Å². The SMILES string of the molecule is COc1ccc(-c2cn(-c3ccc(F)nc3)nn2)cc1. The lowest BCUT2D eigenvalue weighted by atomic mass is 10.2. The molecule has 100 valence electrons.